The molecule has 0 saturated carbocycles. The first-order valence-corrected chi connectivity index (χ1v) is 7.73. The zero-order valence-corrected chi connectivity index (χ0v) is 15.5. The van der Waals surface area contributed by atoms with E-state index in [4.69, 9.17) is 18.9 Å². The molecule has 2 aliphatic rings. The minimum Gasteiger partial charge on any atom is -0.497 e. The van der Waals surface area contributed by atoms with Gasteiger partial charge >= 0.3 is 0 Å². The number of hydrazine groups is 1. The van der Waals surface area contributed by atoms with Crippen molar-refractivity contribution in [2.45, 2.75) is 31.7 Å². The molecule has 0 bridgehead atoms. The van der Waals surface area contributed by atoms with E-state index in [0.29, 0.717) is 23.6 Å². The van der Waals surface area contributed by atoms with Crippen LogP contribution in [0, 0.1) is 0 Å². The predicted octanol–water partition coefficient (Wildman–Crippen LogP) is 2.40. The molecule has 0 aromatic heterocycles. The minimum absolute atomic E-state index is 0. The summed E-state index contributed by atoms with van der Waals surface area (Å²) in [4.78, 5) is 12.7. The molecule has 25 heavy (non-hydrogen) atoms. The molecule has 1 aromatic carbocycles. The van der Waals surface area contributed by atoms with Gasteiger partial charge in [0, 0.05) is 31.7 Å². The quantitative estimate of drug-likeness (QED) is 0.877. The molecular weight excluding hydrogens is 348 g/mol. The summed E-state index contributed by atoms with van der Waals surface area (Å²) in [5.74, 6) is 1.11. The van der Waals surface area contributed by atoms with Gasteiger partial charge < -0.3 is 18.9 Å². The second kappa shape index (κ2) is 7.51. The van der Waals surface area contributed by atoms with E-state index < -0.39 is 5.60 Å². The number of nitrogens with zero attached hydrogens (tertiary/aromatic N) is 1. The standard InChI is InChI=1S/C17H22N2O5.ClH/c1-17-10-15(20)19(18-14(17)5-6-16(23-4)24-17)11-7-12(21-2)9-13(8-11)22-3;/h5,7-9,16,18H,6,10H2,1-4H3;1H/t16-,17-;/m0./s1. The van der Waals surface area contributed by atoms with Crippen LogP contribution in [0.25, 0.3) is 0 Å². The van der Waals surface area contributed by atoms with E-state index in [1.807, 2.05) is 13.0 Å². The molecule has 7 nitrogen and oxygen atoms in total. The largest absolute Gasteiger partial charge is 0.497 e. The molecule has 2 atom stereocenters. The van der Waals surface area contributed by atoms with Gasteiger partial charge in [-0.3, -0.25) is 10.2 Å². The van der Waals surface area contributed by atoms with Crippen LogP contribution in [0.4, 0.5) is 5.69 Å². The van der Waals surface area contributed by atoms with Crippen LogP contribution in [0.1, 0.15) is 19.8 Å². The second-order valence-corrected chi connectivity index (χ2v) is 5.96. The lowest BCUT2D eigenvalue weighted by Crippen LogP contribution is -2.59. The number of methoxy groups -OCH3 is 3. The molecule has 3 rings (SSSR count). The van der Waals surface area contributed by atoms with E-state index in [1.54, 1.807) is 39.5 Å². The number of amides is 1. The van der Waals surface area contributed by atoms with Crippen LogP contribution in [-0.4, -0.2) is 39.1 Å². The summed E-state index contributed by atoms with van der Waals surface area (Å²) in [5, 5.41) is 1.50. The maximum absolute atomic E-state index is 12.7. The number of rotatable bonds is 4. The topological polar surface area (TPSA) is 69.3 Å². The molecule has 0 unspecified atom stereocenters. The van der Waals surface area contributed by atoms with Gasteiger partial charge in [-0.15, -0.1) is 12.4 Å². The molecule has 1 N–H and O–H groups in total. The summed E-state index contributed by atoms with van der Waals surface area (Å²) in [5.41, 5.74) is 3.94. The molecule has 1 aromatic rings. The number of halogens is 1. The first-order valence-electron chi connectivity index (χ1n) is 7.73. The predicted molar refractivity (Wildman–Crippen MR) is 95.0 cm³/mol. The summed E-state index contributed by atoms with van der Waals surface area (Å²) >= 11 is 0. The number of ether oxygens (including phenoxy) is 4. The van der Waals surface area contributed by atoms with E-state index in [-0.39, 0.29) is 31.0 Å². The van der Waals surface area contributed by atoms with Crippen molar-refractivity contribution < 1.29 is 23.7 Å². The monoisotopic (exact) mass is 370 g/mol. The Morgan fingerprint density at radius 2 is 1.84 bits per heavy atom. The Kier molecular flexibility index (Phi) is 5.82. The Bertz CT molecular complexity index is 659. The molecule has 8 heteroatoms. The number of carbonyl (C=O) groups is 1. The summed E-state index contributed by atoms with van der Waals surface area (Å²) in [7, 11) is 4.74. The van der Waals surface area contributed by atoms with Gasteiger partial charge in [-0.25, -0.2) is 5.01 Å². The van der Waals surface area contributed by atoms with Gasteiger partial charge in [-0.05, 0) is 6.92 Å². The highest BCUT2D eigenvalue weighted by atomic mass is 35.5. The van der Waals surface area contributed by atoms with Crippen molar-refractivity contribution in [2.24, 2.45) is 0 Å². The Hall–Kier alpha value is -1.96. The smallest absolute Gasteiger partial charge is 0.248 e. The third kappa shape index (κ3) is 3.68. The maximum Gasteiger partial charge on any atom is 0.248 e. The number of carbonyl (C=O) groups excluding carboxylic acids is 1. The van der Waals surface area contributed by atoms with Crippen LogP contribution >= 0.6 is 12.4 Å². The number of fused-ring (bicyclic) bond motifs is 1. The van der Waals surface area contributed by atoms with Crippen LogP contribution in [0.3, 0.4) is 0 Å². The number of hydrogen-bond acceptors (Lipinski definition) is 6. The molecule has 0 aliphatic carbocycles. The third-order valence-corrected chi connectivity index (χ3v) is 4.30. The number of benzene rings is 1. The van der Waals surface area contributed by atoms with Crippen molar-refractivity contribution in [2.75, 3.05) is 26.3 Å². The van der Waals surface area contributed by atoms with Crippen molar-refractivity contribution in [1.29, 1.82) is 0 Å². The van der Waals surface area contributed by atoms with Gasteiger partial charge in [-0.1, -0.05) is 6.08 Å². The van der Waals surface area contributed by atoms with Crippen molar-refractivity contribution in [3.63, 3.8) is 0 Å². The first kappa shape index (κ1) is 19.4. The first-order chi connectivity index (χ1) is 11.5. The summed E-state index contributed by atoms with van der Waals surface area (Å²) in [6, 6.07) is 5.31. The zero-order valence-electron chi connectivity index (χ0n) is 14.7. The highest BCUT2D eigenvalue weighted by molar-refractivity contribution is 5.95. The minimum atomic E-state index is -0.713. The molecule has 1 fully saturated rings. The highest BCUT2D eigenvalue weighted by Gasteiger charge is 2.44. The molecule has 2 aliphatic heterocycles. The Balaban J connectivity index is 0.00000225. The summed E-state index contributed by atoms with van der Waals surface area (Å²) in [6.07, 6.45) is 2.51. The molecule has 0 spiro atoms. The van der Waals surface area contributed by atoms with Crippen LogP contribution in [0.15, 0.2) is 30.0 Å². The van der Waals surface area contributed by atoms with E-state index in [1.165, 1.54) is 5.01 Å². The number of nitrogens with one attached hydrogen (secondary N) is 1. The van der Waals surface area contributed by atoms with E-state index in [0.717, 1.165) is 5.70 Å². The fraction of sp³-hybridized carbons (Fsp3) is 0.471. The Morgan fingerprint density at radius 1 is 1.20 bits per heavy atom. The molecule has 2 heterocycles. The Morgan fingerprint density at radius 3 is 2.40 bits per heavy atom. The van der Waals surface area contributed by atoms with Crippen molar-refractivity contribution >= 4 is 24.0 Å². The van der Waals surface area contributed by atoms with Gasteiger partial charge in [0.2, 0.25) is 5.91 Å². The van der Waals surface area contributed by atoms with Crippen molar-refractivity contribution in [3.05, 3.63) is 30.0 Å². The maximum atomic E-state index is 12.7. The number of hydrogen-bond donors (Lipinski definition) is 1. The Labute approximate surface area is 153 Å². The van der Waals surface area contributed by atoms with E-state index >= 15 is 0 Å². The molecule has 1 amide bonds. The lowest BCUT2D eigenvalue weighted by Gasteiger charge is -2.45. The third-order valence-electron chi connectivity index (χ3n) is 4.30. The SMILES string of the molecule is COc1cc(OC)cc(N2NC3=CC[C@@H](OC)O[C@@]3(C)CC2=O)c1.Cl. The second-order valence-electron chi connectivity index (χ2n) is 5.96. The molecular formula is C17H23ClN2O5. The fourth-order valence-electron chi connectivity index (χ4n) is 2.96. The lowest BCUT2D eigenvalue weighted by molar-refractivity contribution is -0.194. The molecule has 1 saturated heterocycles. The summed E-state index contributed by atoms with van der Waals surface area (Å²) in [6.45, 7) is 1.89. The highest BCUT2D eigenvalue weighted by Crippen LogP contribution is 2.37. The summed E-state index contributed by atoms with van der Waals surface area (Å²) < 4.78 is 21.7. The van der Waals surface area contributed by atoms with Crippen LogP contribution in [0.2, 0.25) is 0 Å². The number of anilines is 1. The van der Waals surface area contributed by atoms with Crippen molar-refractivity contribution in [3.8, 4) is 11.5 Å². The van der Waals surface area contributed by atoms with Crippen molar-refractivity contribution in [1.82, 2.24) is 5.43 Å². The van der Waals surface area contributed by atoms with Gasteiger partial charge in [-0.2, -0.15) is 0 Å². The average Bonchev–Trinajstić information content (AvgIpc) is 2.59. The zero-order chi connectivity index (χ0) is 17.3. The average molecular weight is 371 g/mol. The van der Waals surface area contributed by atoms with Gasteiger partial charge in [0.15, 0.2) is 6.29 Å². The molecule has 138 valence electrons. The lowest BCUT2D eigenvalue weighted by atomic mass is 9.92. The van der Waals surface area contributed by atoms with Gasteiger partial charge in [0.25, 0.3) is 0 Å². The molecule has 0 radical (unpaired) electrons. The van der Waals surface area contributed by atoms with Crippen LogP contribution in [-0.2, 0) is 14.3 Å². The van der Waals surface area contributed by atoms with E-state index in [2.05, 4.69) is 5.43 Å². The normalized spacial score (nSPS) is 25.3. The van der Waals surface area contributed by atoms with Crippen LogP contribution < -0.4 is 19.9 Å². The van der Waals surface area contributed by atoms with E-state index in [9.17, 15) is 4.79 Å². The van der Waals surface area contributed by atoms with Gasteiger partial charge in [0.05, 0.1) is 32.0 Å². The van der Waals surface area contributed by atoms with Crippen LogP contribution in [0.5, 0.6) is 11.5 Å². The van der Waals surface area contributed by atoms with Gasteiger partial charge in [0.1, 0.15) is 17.1 Å². The fourth-order valence-corrected chi connectivity index (χ4v) is 2.96.